The van der Waals surface area contributed by atoms with Gasteiger partial charge in [0.25, 0.3) is 0 Å². The lowest BCUT2D eigenvalue weighted by molar-refractivity contribution is -0.112. The third kappa shape index (κ3) is 5.97. The van der Waals surface area contributed by atoms with Crippen molar-refractivity contribution in [2.75, 3.05) is 23.7 Å². The van der Waals surface area contributed by atoms with E-state index in [9.17, 15) is 10.1 Å². The number of anilines is 3. The maximum absolute atomic E-state index is 12.6. The van der Waals surface area contributed by atoms with Gasteiger partial charge in [0.1, 0.15) is 18.4 Å². The van der Waals surface area contributed by atoms with Crippen molar-refractivity contribution in [3.8, 4) is 11.8 Å². The van der Waals surface area contributed by atoms with Gasteiger partial charge in [-0.15, -0.1) is 0 Å². The standard InChI is InChI=1S/C30H28N6O2/c1-20-14-23(6-8-28(20)38-19-25-4-2-3-11-33-25)36-30-22(17-31)18-34-27-7-5-24(16-26(27)30)35-29(37)15-21-9-12-32-13-10-21/h2-8,11,14-16,18,32H,9-10,12-13,19H2,1H3,(H,34,36)(H,35,37). The zero-order chi connectivity index (χ0) is 26.3. The molecule has 0 saturated carbocycles. The molecule has 1 fully saturated rings. The number of amides is 1. The van der Waals surface area contributed by atoms with E-state index in [0.29, 0.717) is 29.1 Å². The summed E-state index contributed by atoms with van der Waals surface area (Å²) in [6, 6.07) is 19.2. The molecule has 0 aliphatic carbocycles. The molecule has 8 nitrogen and oxygen atoms in total. The van der Waals surface area contributed by atoms with Gasteiger partial charge < -0.3 is 20.7 Å². The zero-order valence-corrected chi connectivity index (χ0v) is 21.1. The lowest BCUT2D eigenvalue weighted by atomic mass is 10.1. The lowest BCUT2D eigenvalue weighted by Gasteiger charge is -2.16. The van der Waals surface area contributed by atoms with E-state index in [1.54, 1.807) is 18.5 Å². The number of fused-ring (bicyclic) bond motifs is 1. The first-order valence-electron chi connectivity index (χ1n) is 12.5. The Morgan fingerprint density at radius 1 is 1.11 bits per heavy atom. The molecule has 0 bridgehead atoms. The molecule has 5 rings (SSSR count). The Kier molecular flexibility index (Phi) is 7.57. The summed E-state index contributed by atoms with van der Waals surface area (Å²) in [6.07, 6.45) is 6.74. The first-order valence-corrected chi connectivity index (χ1v) is 12.5. The summed E-state index contributed by atoms with van der Waals surface area (Å²) in [6.45, 7) is 4.14. The number of aromatic nitrogens is 2. The molecule has 1 aliphatic heterocycles. The van der Waals surface area contributed by atoms with Gasteiger partial charge in [-0.25, -0.2) is 0 Å². The van der Waals surface area contributed by atoms with Crippen molar-refractivity contribution in [1.82, 2.24) is 15.3 Å². The van der Waals surface area contributed by atoms with Crippen LogP contribution < -0.4 is 20.7 Å². The molecule has 2 aromatic carbocycles. The highest BCUT2D eigenvalue weighted by molar-refractivity contribution is 6.03. The first kappa shape index (κ1) is 24.9. The minimum atomic E-state index is -0.155. The van der Waals surface area contributed by atoms with Crippen LogP contribution in [-0.4, -0.2) is 29.0 Å². The maximum Gasteiger partial charge on any atom is 0.248 e. The molecule has 0 unspecified atom stereocenters. The van der Waals surface area contributed by atoms with E-state index in [1.807, 2.05) is 61.5 Å². The molecule has 1 saturated heterocycles. The fraction of sp³-hybridized carbons (Fsp3) is 0.200. The summed E-state index contributed by atoms with van der Waals surface area (Å²) in [5, 5.41) is 20.2. The summed E-state index contributed by atoms with van der Waals surface area (Å²) < 4.78 is 5.95. The van der Waals surface area contributed by atoms with Gasteiger partial charge in [-0.05, 0) is 86.9 Å². The van der Waals surface area contributed by atoms with Gasteiger partial charge in [0.05, 0.1) is 22.5 Å². The van der Waals surface area contributed by atoms with Crippen LogP contribution in [0.1, 0.15) is 29.7 Å². The van der Waals surface area contributed by atoms with Crippen LogP contribution in [0, 0.1) is 18.3 Å². The molecule has 0 radical (unpaired) electrons. The third-order valence-electron chi connectivity index (χ3n) is 6.38. The second-order valence-electron chi connectivity index (χ2n) is 9.15. The number of aryl methyl sites for hydroxylation is 1. The van der Waals surface area contributed by atoms with Crippen molar-refractivity contribution in [2.24, 2.45) is 0 Å². The molecule has 2 aromatic heterocycles. The molecular weight excluding hydrogens is 476 g/mol. The van der Waals surface area contributed by atoms with Crippen LogP contribution in [0.5, 0.6) is 5.75 Å². The van der Waals surface area contributed by atoms with Crippen LogP contribution in [0.15, 0.2) is 78.6 Å². The van der Waals surface area contributed by atoms with Crippen LogP contribution in [0.25, 0.3) is 10.9 Å². The van der Waals surface area contributed by atoms with Crippen LogP contribution in [0.4, 0.5) is 17.1 Å². The minimum absolute atomic E-state index is 0.155. The summed E-state index contributed by atoms with van der Waals surface area (Å²) >= 11 is 0. The Balaban J connectivity index is 1.37. The van der Waals surface area contributed by atoms with E-state index < -0.39 is 0 Å². The highest BCUT2D eigenvalue weighted by Gasteiger charge is 2.13. The quantitative estimate of drug-likeness (QED) is 0.290. The average Bonchev–Trinajstić information content (AvgIpc) is 2.94. The number of benzene rings is 2. The molecule has 1 amide bonds. The Morgan fingerprint density at radius 2 is 1.95 bits per heavy atom. The number of nitriles is 1. The number of hydrogen-bond acceptors (Lipinski definition) is 7. The first-order chi connectivity index (χ1) is 18.6. The Bertz CT molecular complexity index is 1530. The number of rotatable bonds is 7. The zero-order valence-electron chi connectivity index (χ0n) is 21.1. The number of nitrogens with zero attached hydrogens (tertiary/aromatic N) is 3. The molecular formula is C30H28N6O2. The van der Waals surface area contributed by atoms with Crippen molar-refractivity contribution in [3.05, 3.63) is 95.5 Å². The maximum atomic E-state index is 12.6. The Morgan fingerprint density at radius 3 is 2.71 bits per heavy atom. The third-order valence-corrected chi connectivity index (χ3v) is 6.38. The number of nitrogens with one attached hydrogen (secondary N) is 3. The Labute approximate surface area is 221 Å². The number of carbonyl (C=O) groups is 1. The summed E-state index contributed by atoms with van der Waals surface area (Å²) in [4.78, 5) is 21.3. The van der Waals surface area contributed by atoms with Crippen molar-refractivity contribution < 1.29 is 9.53 Å². The Hall–Kier alpha value is -4.74. The van der Waals surface area contributed by atoms with Gasteiger partial charge in [0, 0.05) is 35.2 Å². The van der Waals surface area contributed by atoms with Crippen LogP contribution in [0.2, 0.25) is 0 Å². The van der Waals surface area contributed by atoms with Gasteiger partial charge in [-0.1, -0.05) is 11.6 Å². The molecule has 0 atom stereocenters. The van der Waals surface area contributed by atoms with Crippen molar-refractivity contribution in [3.63, 3.8) is 0 Å². The minimum Gasteiger partial charge on any atom is -0.487 e. The number of carbonyl (C=O) groups excluding carboxylic acids is 1. The lowest BCUT2D eigenvalue weighted by Crippen LogP contribution is -2.24. The van der Waals surface area contributed by atoms with Gasteiger partial charge in [0.15, 0.2) is 0 Å². The van der Waals surface area contributed by atoms with Gasteiger partial charge in [-0.2, -0.15) is 5.26 Å². The normalized spacial score (nSPS) is 13.0. The molecule has 3 N–H and O–H groups in total. The predicted molar refractivity (Wildman–Crippen MR) is 148 cm³/mol. The fourth-order valence-electron chi connectivity index (χ4n) is 4.41. The molecule has 0 spiro atoms. The van der Waals surface area contributed by atoms with Gasteiger partial charge in [-0.3, -0.25) is 14.8 Å². The largest absolute Gasteiger partial charge is 0.487 e. The molecule has 3 heterocycles. The van der Waals surface area contributed by atoms with Gasteiger partial charge in [0.2, 0.25) is 5.91 Å². The second kappa shape index (κ2) is 11.5. The molecule has 1 aliphatic rings. The van der Waals surface area contributed by atoms with E-state index in [0.717, 1.165) is 59.6 Å². The second-order valence-corrected chi connectivity index (χ2v) is 9.15. The predicted octanol–water partition coefficient (Wildman–Crippen LogP) is 5.38. The van der Waals surface area contributed by atoms with Gasteiger partial charge >= 0.3 is 0 Å². The van der Waals surface area contributed by atoms with E-state index in [4.69, 9.17) is 4.74 Å². The summed E-state index contributed by atoms with van der Waals surface area (Å²) in [7, 11) is 0. The van der Waals surface area contributed by atoms with E-state index >= 15 is 0 Å². The molecule has 4 aromatic rings. The average molecular weight is 505 g/mol. The van der Waals surface area contributed by atoms with E-state index in [1.165, 1.54) is 0 Å². The fourth-order valence-corrected chi connectivity index (χ4v) is 4.41. The topological polar surface area (TPSA) is 112 Å². The molecule has 190 valence electrons. The molecule has 38 heavy (non-hydrogen) atoms. The van der Waals surface area contributed by atoms with E-state index in [2.05, 4.69) is 32.0 Å². The van der Waals surface area contributed by atoms with Crippen molar-refractivity contribution in [2.45, 2.75) is 26.4 Å². The van der Waals surface area contributed by atoms with Crippen molar-refractivity contribution in [1.29, 1.82) is 5.26 Å². The van der Waals surface area contributed by atoms with Crippen LogP contribution in [-0.2, 0) is 11.4 Å². The molecule has 8 heteroatoms. The van der Waals surface area contributed by atoms with Crippen LogP contribution in [0.3, 0.4) is 0 Å². The van der Waals surface area contributed by atoms with Crippen LogP contribution >= 0.6 is 0 Å². The number of piperidine rings is 1. The number of ether oxygens (including phenoxy) is 1. The van der Waals surface area contributed by atoms with Crippen molar-refractivity contribution >= 4 is 33.9 Å². The highest BCUT2D eigenvalue weighted by Crippen LogP contribution is 2.32. The monoisotopic (exact) mass is 504 g/mol. The highest BCUT2D eigenvalue weighted by atomic mass is 16.5. The summed E-state index contributed by atoms with van der Waals surface area (Å²) in [5.41, 5.74) is 6.14. The number of pyridine rings is 2. The van der Waals surface area contributed by atoms with E-state index in [-0.39, 0.29) is 5.91 Å². The summed E-state index contributed by atoms with van der Waals surface area (Å²) in [5.74, 6) is 0.603. The number of hydrogen-bond donors (Lipinski definition) is 3. The smallest absolute Gasteiger partial charge is 0.248 e. The SMILES string of the molecule is Cc1cc(Nc2c(C#N)cnc3ccc(NC(=O)C=C4CCNCC4)cc23)ccc1OCc1ccccn1.